The van der Waals surface area contributed by atoms with Crippen LogP contribution in [0.15, 0.2) is 17.8 Å². The van der Waals surface area contributed by atoms with Crippen LogP contribution in [0, 0.1) is 49.4 Å². The maximum atomic E-state index is 5.99. The van der Waals surface area contributed by atoms with Crippen LogP contribution < -0.4 is 10.6 Å². The average molecular weight is 539 g/mol. The minimum absolute atomic E-state index is 0.0511. The van der Waals surface area contributed by atoms with Crippen LogP contribution in [-0.2, 0) is 9.68 Å². The van der Waals surface area contributed by atoms with Crippen molar-refractivity contribution in [2.45, 2.75) is 102 Å². The number of rotatable bonds is 5. The molecule has 9 nitrogen and oxygen atoms in total. The Labute approximate surface area is 232 Å². The molecule has 2 aromatic rings. The minimum atomic E-state index is 0.0511. The molecule has 2 aromatic heterocycles. The third-order valence-corrected chi connectivity index (χ3v) is 10.5. The summed E-state index contributed by atoms with van der Waals surface area (Å²) in [5.41, 5.74) is 3.06. The van der Waals surface area contributed by atoms with Gasteiger partial charge in [0.2, 0.25) is 5.88 Å². The summed E-state index contributed by atoms with van der Waals surface area (Å²) in [6.45, 7) is 3.91. The Morgan fingerprint density at radius 2 is 1.23 bits per heavy atom. The van der Waals surface area contributed by atoms with Crippen LogP contribution in [0.5, 0.6) is 5.88 Å². The van der Waals surface area contributed by atoms with Crippen molar-refractivity contribution in [3.63, 3.8) is 0 Å². The van der Waals surface area contributed by atoms with Crippen LogP contribution in [0.3, 0.4) is 0 Å². The third kappa shape index (κ3) is 5.75. The molecule has 8 saturated carbocycles. The molecule has 9 heteroatoms. The normalized spacial score (nSPS) is 38.8. The summed E-state index contributed by atoms with van der Waals surface area (Å²) in [6, 6.07) is 0. The van der Waals surface area contributed by atoms with Crippen molar-refractivity contribution in [1.82, 2.24) is 19.9 Å². The average Bonchev–Trinajstić information content (AvgIpc) is 3.50. The fourth-order valence-corrected chi connectivity index (χ4v) is 9.56. The predicted molar refractivity (Wildman–Crippen MR) is 149 cm³/mol. The molecule has 8 aliphatic carbocycles. The van der Waals surface area contributed by atoms with Gasteiger partial charge in [-0.3, -0.25) is 4.84 Å². The number of H-pyrrole nitrogens is 2. The summed E-state index contributed by atoms with van der Waals surface area (Å²) >= 11 is 0. The van der Waals surface area contributed by atoms with E-state index in [1.54, 1.807) is 26.0 Å². The number of ether oxygens (including phenoxy) is 1. The van der Waals surface area contributed by atoms with Gasteiger partial charge in [-0.05, 0) is 126 Å². The van der Waals surface area contributed by atoms with Gasteiger partial charge in [0.05, 0.1) is 37.3 Å². The number of aromatic nitrogens is 4. The molecule has 0 spiro atoms. The number of nitrogens with one attached hydrogen (secondary N) is 2. The Morgan fingerprint density at radius 3 is 1.59 bits per heavy atom. The van der Waals surface area contributed by atoms with E-state index in [4.69, 9.17) is 20.3 Å². The van der Waals surface area contributed by atoms with E-state index in [0.29, 0.717) is 5.88 Å². The first-order chi connectivity index (χ1) is 18.9. The molecule has 0 amide bonds. The first kappa shape index (κ1) is 26.8. The molecule has 8 fully saturated rings. The highest BCUT2D eigenvalue weighted by Gasteiger charge is 2.53. The van der Waals surface area contributed by atoms with Gasteiger partial charge in [0, 0.05) is 5.69 Å². The lowest BCUT2D eigenvalue weighted by atomic mass is 9.54. The number of oxime groups is 1. The molecule has 0 radical (unpaired) electrons. The molecule has 0 atom stereocenters. The molecule has 8 bridgehead atoms. The minimum Gasteiger partial charge on any atom is -0.480 e. The molecular formula is C30H46N6O3. The lowest BCUT2D eigenvalue weighted by Crippen LogP contribution is -2.53. The van der Waals surface area contributed by atoms with Gasteiger partial charge >= 0.3 is 0 Å². The molecule has 39 heavy (non-hydrogen) atoms. The molecule has 2 heterocycles. The maximum absolute atomic E-state index is 5.99. The molecule has 4 N–H and O–H groups in total. The Kier molecular flexibility index (Phi) is 7.48. The Bertz CT molecular complexity index is 1070. The quantitative estimate of drug-likeness (QED) is 0.336. The molecule has 0 aliphatic heterocycles. The van der Waals surface area contributed by atoms with E-state index in [0.717, 1.165) is 52.6 Å². The molecule has 8 aliphatic rings. The Hall–Kier alpha value is -2.39. The van der Waals surface area contributed by atoms with E-state index in [1.807, 2.05) is 13.8 Å². The molecule has 0 aromatic carbocycles. The molecular weight excluding hydrogens is 492 g/mol. The molecule has 214 valence electrons. The summed E-state index contributed by atoms with van der Waals surface area (Å²) < 4.78 is 4.84. The number of aryl methyl sites for hydroxylation is 2. The van der Waals surface area contributed by atoms with Gasteiger partial charge < -0.3 is 19.5 Å². The highest BCUT2D eigenvalue weighted by atomic mass is 16.6. The third-order valence-electron chi connectivity index (χ3n) is 10.5. The van der Waals surface area contributed by atoms with Crippen molar-refractivity contribution in [2.24, 2.45) is 46.6 Å². The highest BCUT2D eigenvalue weighted by Crippen LogP contribution is 2.58. The first-order valence-corrected chi connectivity index (χ1v) is 15.0. The van der Waals surface area contributed by atoms with Gasteiger partial charge in [-0.2, -0.15) is 0 Å². The smallest absolute Gasteiger partial charge is 0.234 e. The largest absolute Gasteiger partial charge is 0.480 e. The highest BCUT2D eigenvalue weighted by molar-refractivity contribution is 5.77. The van der Waals surface area contributed by atoms with Gasteiger partial charge in [0.25, 0.3) is 0 Å². The lowest BCUT2D eigenvalue weighted by Gasteiger charge is -2.55. The molecule has 0 unspecified atom stereocenters. The zero-order valence-electron chi connectivity index (χ0n) is 23.8. The fraction of sp³-hybridized carbons (Fsp3) is 0.767. The summed E-state index contributed by atoms with van der Waals surface area (Å²) in [5.74, 6) is 11.6. The van der Waals surface area contributed by atoms with Gasteiger partial charge in [0.1, 0.15) is 11.3 Å². The SMILES string of the molecule is COc1nc[nH]c1C.Cc1[nH]cnc1/C=N/OC12CC3CC(CC(C3)C1)C2.NOC12CC3CC(CC(C3)C1)C2. The zero-order chi connectivity index (χ0) is 27.0. The van der Waals surface area contributed by atoms with Crippen LogP contribution in [-0.4, -0.2) is 44.5 Å². The fourth-order valence-electron chi connectivity index (χ4n) is 9.56. The van der Waals surface area contributed by atoms with E-state index in [9.17, 15) is 0 Å². The van der Waals surface area contributed by atoms with Gasteiger partial charge in [0.15, 0.2) is 0 Å². The lowest BCUT2D eigenvalue weighted by molar-refractivity contribution is -0.164. The zero-order valence-corrected chi connectivity index (χ0v) is 23.8. The summed E-state index contributed by atoms with van der Waals surface area (Å²) in [7, 11) is 1.60. The standard InChI is InChI=1S/C15H21N3O.C10H17NO.C5H8N2O/c1-10-14(17-9-16-10)8-18-19-15-5-11-2-12(6-15)4-13(3-11)7-15;11-12-10-4-7-1-8(5-10)3-9(2-7)6-10;1-4-5(8-2)7-3-6-4/h8-9,11-13H,2-7H2,1H3,(H,16,17);7-9H,1-6,11H2;3H,1-2H3,(H,6,7)/b18-8+;;. The monoisotopic (exact) mass is 538 g/mol. The van der Waals surface area contributed by atoms with E-state index in [1.165, 1.54) is 77.0 Å². The van der Waals surface area contributed by atoms with E-state index >= 15 is 0 Å². The maximum Gasteiger partial charge on any atom is 0.234 e. The molecule has 10 rings (SSSR count). The number of nitrogens with zero attached hydrogens (tertiary/aromatic N) is 3. The van der Waals surface area contributed by atoms with Crippen molar-refractivity contribution < 1.29 is 14.4 Å². The number of hydrogen-bond acceptors (Lipinski definition) is 7. The van der Waals surface area contributed by atoms with Crippen LogP contribution in [0.1, 0.15) is 94.1 Å². The first-order valence-electron chi connectivity index (χ1n) is 15.0. The number of imidazole rings is 2. The Morgan fingerprint density at radius 1 is 0.769 bits per heavy atom. The topological polar surface area (TPSA) is 123 Å². The van der Waals surface area contributed by atoms with E-state index < -0.39 is 0 Å². The number of nitrogens with two attached hydrogens (primary N) is 1. The van der Waals surface area contributed by atoms with Crippen LogP contribution in [0.2, 0.25) is 0 Å². The summed E-state index contributed by atoms with van der Waals surface area (Å²) in [4.78, 5) is 25.2. The number of methoxy groups -OCH3 is 1. The van der Waals surface area contributed by atoms with Crippen LogP contribution >= 0.6 is 0 Å². The number of aromatic amines is 2. The van der Waals surface area contributed by atoms with Gasteiger partial charge in [-0.15, -0.1) is 0 Å². The second kappa shape index (κ2) is 10.9. The van der Waals surface area contributed by atoms with Crippen molar-refractivity contribution in [3.8, 4) is 5.88 Å². The number of hydrogen-bond donors (Lipinski definition) is 3. The van der Waals surface area contributed by atoms with Crippen molar-refractivity contribution in [2.75, 3.05) is 7.11 Å². The van der Waals surface area contributed by atoms with Crippen molar-refractivity contribution >= 4 is 6.21 Å². The second-order valence-corrected chi connectivity index (χ2v) is 13.6. The van der Waals surface area contributed by atoms with E-state index in [2.05, 4.69) is 25.1 Å². The molecule has 0 saturated heterocycles. The Balaban J connectivity index is 0.000000118. The van der Waals surface area contributed by atoms with Crippen LogP contribution in [0.25, 0.3) is 0 Å². The van der Waals surface area contributed by atoms with Crippen molar-refractivity contribution in [1.29, 1.82) is 0 Å². The summed E-state index contributed by atoms with van der Waals surface area (Å²) in [5, 5.41) is 4.26. The predicted octanol–water partition coefficient (Wildman–Crippen LogP) is 5.61. The van der Waals surface area contributed by atoms with E-state index in [-0.39, 0.29) is 11.2 Å². The van der Waals surface area contributed by atoms with Crippen LogP contribution in [0.4, 0.5) is 0 Å². The van der Waals surface area contributed by atoms with Gasteiger partial charge in [-0.25, -0.2) is 15.9 Å². The van der Waals surface area contributed by atoms with Crippen molar-refractivity contribution in [3.05, 3.63) is 29.7 Å². The summed E-state index contributed by atoms with van der Waals surface area (Å²) in [6.07, 6.45) is 21.1. The van der Waals surface area contributed by atoms with Gasteiger partial charge in [-0.1, -0.05) is 5.16 Å². The second-order valence-electron chi connectivity index (χ2n) is 13.6.